The summed E-state index contributed by atoms with van der Waals surface area (Å²) in [5, 5.41) is 3.62. The Bertz CT molecular complexity index is 837. The highest BCUT2D eigenvalue weighted by Crippen LogP contribution is 2.21. The first-order valence-corrected chi connectivity index (χ1v) is 6.95. The number of carbonyl (C=O) groups is 2. The van der Waals surface area contributed by atoms with Gasteiger partial charge < -0.3 is 5.32 Å². The molecule has 0 saturated heterocycles. The van der Waals surface area contributed by atoms with Crippen molar-refractivity contribution in [3.05, 3.63) is 66.1 Å². The van der Waals surface area contributed by atoms with Crippen LogP contribution in [0.1, 0.15) is 27.6 Å². The first kappa shape index (κ1) is 14.0. The Balaban J connectivity index is 1.89. The standard InChI is InChI=1S/C17H15N3O2/c1-12(21)20-11-15(14-6-2-3-7-16(14)20)17(22)19-10-13-5-4-8-18-9-13/h2-9,11H,10H2,1H3,(H,19,22). The number of pyridine rings is 1. The predicted octanol–water partition coefficient (Wildman–Crippen LogP) is 2.63. The molecule has 0 aliphatic rings. The zero-order chi connectivity index (χ0) is 15.5. The molecule has 5 nitrogen and oxygen atoms in total. The molecule has 1 aromatic carbocycles. The van der Waals surface area contributed by atoms with Crippen molar-refractivity contribution in [2.45, 2.75) is 13.5 Å². The van der Waals surface area contributed by atoms with Gasteiger partial charge in [-0.05, 0) is 17.7 Å². The Kier molecular flexibility index (Phi) is 3.70. The summed E-state index contributed by atoms with van der Waals surface area (Å²) in [5.74, 6) is -0.331. The third kappa shape index (κ3) is 2.61. The minimum absolute atomic E-state index is 0.123. The number of nitrogens with one attached hydrogen (secondary N) is 1. The zero-order valence-electron chi connectivity index (χ0n) is 12.1. The van der Waals surface area contributed by atoms with Crippen LogP contribution < -0.4 is 5.32 Å². The van der Waals surface area contributed by atoms with Crippen LogP contribution in [0.3, 0.4) is 0 Å². The Morgan fingerprint density at radius 3 is 2.73 bits per heavy atom. The van der Waals surface area contributed by atoms with Gasteiger partial charge in [-0.3, -0.25) is 19.1 Å². The van der Waals surface area contributed by atoms with E-state index in [0.29, 0.717) is 12.1 Å². The van der Waals surface area contributed by atoms with Crippen molar-refractivity contribution < 1.29 is 9.59 Å². The van der Waals surface area contributed by atoms with Gasteiger partial charge in [-0.25, -0.2) is 0 Å². The first-order valence-electron chi connectivity index (χ1n) is 6.95. The molecule has 1 N–H and O–H groups in total. The van der Waals surface area contributed by atoms with Crippen LogP contribution in [0.2, 0.25) is 0 Å². The molecule has 0 aliphatic heterocycles. The highest BCUT2D eigenvalue weighted by Gasteiger charge is 2.16. The van der Waals surface area contributed by atoms with Crippen molar-refractivity contribution in [2.75, 3.05) is 0 Å². The van der Waals surface area contributed by atoms with Crippen LogP contribution in [-0.2, 0) is 6.54 Å². The normalized spacial score (nSPS) is 10.6. The Labute approximate surface area is 127 Å². The van der Waals surface area contributed by atoms with E-state index in [2.05, 4.69) is 10.3 Å². The van der Waals surface area contributed by atoms with E-state index < -0.39 is 0 Å². The third-order valence-corrected chi connectivity index (χ3v) is 3.47. The first-order chi connectivity index (χ1) is 10.7. The molecule has 0 aliphatic carbocycles. The van der Waals surface area contributed by atoms with Crippen LogP contribution in [0.15, 0.2) is 55.0 Å². The van der Waals surface area contributed by atoms with Crippen LogP contribution in [0.4, 0.5) is 0 Å². The maximum atomic E-state index is 12.4. The molecule has 5 heteroatoms. The van der Waals surface area contributed by atoms with Crippen molar-refractivity contribution >= 4 is 22.7 Å². The molecule has 3 aromatic rings. The SMILES string of the molecule is CC(=O)n1cc(C(=O)NCc2cccnc2)c2ccccc21. The van der Waals surface area contributed by atoms with Gasteiger partial charge in [0, 0.05) is 37.4 Å². The van der Waals surface area contributed by atoms with Crippen molar-refractivity contribution in [3.63, 3.8) is 0 Å². The summed E-state index contributed by atoms with van der Waals surface area (Å²) in [6.07, 6.45) is 4.98. The van der Waals surface area contributed by atoms with Gasteiger partial charge in [0.1, 0.15) is 0 Å². The molecule has 2 heterocycles. The summed E-state index contributed by atoms with van der Waals surface area (Å²) >= 11 is 0. The largest absolute Gasteiger partial charge is 0.348 e. The number of amides is 1. The number of para-hydroxylation sites is 1. The summed E-state index contributed by atoms with van der Waals surface area (Å²) in [4.78, 5) is 28.1. The van der Waals surface area contributed by atoms with E-state index in [4.69, 9.17) is 0 Å². The fourth-order valence-corrected chi connectivity index (χ4v) is 2.40. The van der Waals surface area contributed by atoms with Crippen molar-refractivity contribution in [3.8, 4) is 0 Å². The quantitative estimate of drug-likeness (QED) is 0.807. The van der Waals surface area contributed by atoms with Gasteiger partial charge in [0.15, 0.2) is 0 Å². The van der Waals surface area contributed by atoms with Gasteiger partial charge in [-0.1, -0.05) is 24.3 Å². The van der Waals surface area contributed by atoms with Crippen molar-refractivity contribution in [2.24, 2.45) is 0 Å². The second-order valence-corrected chi connectivity index (χ2v) is 4.99. The molecular formula is C17H15N3O2. The number of fused-ring (bicyclic) bond motifs is 1. The number of aromatic nitrogens is 2. The number of rotatable bonds is 3. The number of nitrogens with zero attached hydrogens (tertiary/aromatic N) is 2. The van der Waals surface area contributed by atoms with E-state index in [1.165, 1.54) is 11.5 Å². The van der Waals surface area contributed by atoms with E-state index in [9.17, 15) is 9.59 Å². The van der Waals surface area contributed by atoms with Crippen LogP contribution in [0.25, 0.3) is 10.9 Å². The van der Waals surface area contributed by atoms with Gasteiger partial charge in [-0.2, -0.15) is 0 Å². The van der Waals surface area contributed by atoms with Gasteiger partial charge in [0.05, 0.1) is 11.1 Å². The average Bonchev–Trinajstić information content (AvgIpc) is 2.93. The molecule has 110 valence electrons. The lowest BCUT2D eigenvalue weighted by Gasteiger charge is -2.03. The monoisotopic (exact) mass is 293 g/mol. The topological polar surface area (TPSA) is 64.0 Å². The second kappa shape index (κ2) is 5.81. The molecule has 0 fully saturated rings. The molecule has 2 aromatic heterocycles. The summed E-state index contributed by atoms with van der Waals surface area (Å²) in [7, 11) is 0. The van der Waals surface area contributed by atoms with Gasteiger partial charge >= 0.3 is 0 Å². The summed E-state index contributed by atoms with van der Waals surface area (Å²) in [6.45, 7) is 1.87. The molecule has 0 atom stereocenters. The smallest absolute Gasteiger partial charge is 0.253 e. The average molecular weight is 293 g/mol. The molecule has 0 radical (unpaired) electrons. The Morgan fingerprint density at radius 2 is 2.00 bits per heavy atom. The molecule has 1 amide bonds. The fraction of sp³-hybridized carbons (Fsp3) is 0.118. The van der Waals surface area contributed by atoms with Gasteiger partial charge in [0.25, 0.3) is 5.91 Å². The number of hydrogen-bond acceptors (Lipinski definition) is 3. The molecule has 0 saturated carbocycles. The predicted molar refractivity (Wildman–Crippen MR) is 83.6 cm³/mol. The number of carbonyl (C=O) groups excluding carboxylic acids is 2. The lowest BCUT2D eigenvalue weighted by molar-refractivity contribution is 0.0941. The summed E-state index contributed by atoms with van der Waals surface area (Å²) < 4.78 is 1.49. The minimum atomic E-state index is -0.208. The molecular weight excluding hydrogens is 278 g/mol. The van der Waals surface area contributed by atoms with Crippen LogP contribution in [-0.4, -0.2) is 21.4 Å². The van der Waals surface area contributed by atoms with Gasteiger partial charge in [-0.15, -0.1) is 0 Å². The number of benzene rings is 1. The minimum Gasteiger partial charge on any atom is -0.348 e. The number of hydrogen-bond donors (Lipinski definition) is 1. The third-order valence-electron chi connectivity index (χ3n) is 3.47. The van der Waals surface area contributed by atoms with E-state index in [-0.39, 0.29) is 11.8 Å². The van der Waals surface area contributed by atoms with E-state index >= 15 is 0 Å². The summed E-state index contributed by atoms with van der Waals surface area (Å²) in [5.41, 5.74) is 2.15. The maximum absolute atomic E-state index is 12.4. The van der Waals surface area contributed by atoms with E-state index in [0.717, 1.165) is 16.5 Å². The molecule has 0 bridgehead atoms. The van der Waals surface area contributed by atoms with E-state index in [1.807, 2.05) is 36.4 Å². The molecule has 22 heavy (non-hydrogen) atoms. The lowest BCUT2D eigenvalue weighted by atomic mass is 10.1. The second-order valence-electron chi connectivity index (χ2n) is 4.99. The van der Waals surface area contributed by atoms with Crippen LogP contribution >= 0.6 is 0 Å². The van der Waals surface area contributed by atoms with Crippen molar-refractivity contribution in [1.29, 1.82) is 0 Å². The maximum Gasteiger partial charge on any atom is 0.253 e. The lowest BCUT2D eigenvalue weighted by Crippen LogP contribution is -2.22. The highest BCUT2D eigenvalue weighted by molar-refractivity contribution is 6.09. The van der Waals surface area contributed by atoms with Crippen LogP contribution in [0, 0.1) is 0 Å². The zero-order valence-corrected chi connectivity index (χ0v) is 12.1. The van der Waals surface area contributed by atoms with Crippen molar-refractivity contribution in [1.82, 2.24) is 14.9 Å². The Morgan fingerprint density at radius 1 is 1.18 bits per heavy atom. The highest BCUT2D eigenvalue weighted by atomic mass is 16.2. The van der Waals surface area contributed by atoms with Gasteiger partial charge in [0.2, 0.25) is 5.91 Å². The molecule has 0 unspecified atom stereocenters. The fourth-order valence-electron chi connectivity index (χ4n) is 2.40. The molecule has 3 rings (SSSR count). The Hall–Kier alpha value is -2.95. The van der Waals surface area contributed by atoms with Crippen LogP contribution in [0.5, 0.6) is 0 Å². The molecule has 0 spiro atoms. The summed E-state index contributed by atoms with van der Waals surface area (Å²) in [6, 6.07) is 11.1. The van der Waals surface area contributed by atoms with E-state index in [1.54, 1.807) is 18.6 Å².